The summed E-state index contributed by atoms with van der Waals surface area (Å²) >= 11 is 0. The smallest absolute Gasteiger partial charge is 0.243 e. The number of hydrogen-bond donors (Lipinski definition) is 0. The largest absolute Gasteiger partial charge is 0.344 e. The highest BCUT2D eigenvalue weighted by Crippen LogP contribution is 2.50. The van der Waals surface area contributed by atoms with Crippen molar-refractivity contribution >= 4 is 32.3 Å². The van der Waals surface area contributed by atoms with Crippen molar-refractivity contribution in [3.8, 4) is 0 Å². The molecule has 2 heterocycles. The van der Waals surface area contributed by atoms with Gasteiger partial charge >= 0.3 is 0 Å². The van der Waals surface area contributed by atoms with E-state index >= 15 is 0 Å². The topological polar surface area (TPSA) is 57.7 Å². The predicted molar refractivity (Wildman–Crippen MR) is 141 cm³/mol. The van der Waals surface area contributed by atoms with Gasteiger partial charge in [-0.3, -0.25) is 4.79 Å². The zero-order valence-electron chi connectivity index (χ0n) is 20.6. The van der Waals surface area contributed by atoms with Crippen LogP contribution >= 0.6 is 0 Å². The van der Waals surface area contributed by atoms with Gasteiger partial charge in [0, 0.05) is 48.1 Å². The van der Waals surface area contributed by atoms with Crippen molar-refractivity contribution in [2.75, 3.05) is 24.5 Å². The number of carbonyl (C=O) groups excluding carboxylic acids is 1. The molecular weight excluding hydrogens is 456 g/mol. The molecule has 0 bridgehead atoms. The van der Waals surface area contributed by atoms with Crippen LogP contribution in [0.15, 0.2) is 77.3 Å². The molecule has 0 saturated carbocycles. The summed E-state index contributed by atoms with van der Waals surface area (Å²) < 4.78 is 27.5. The first kappa shape index (κ1) is 23.8. The van der Waals surface area contributed by atoms with Gasteiger partial charge in [-0.1, -0.05) is 50.6 Å². The van der Waals surface area contributed by atoms with Gasteiger partial charge in [0.1, 0.15) is 0 Å². The molecule has 0 radical (unpaired) electrons. The Hall–Kier alpha value is -2.96. The normalized spacial score (nSPS) is 19.3. The Morgan fingerprint density at radius 3 is 2.31 bits per heavy atom. The van der Waals surface area contributed by atoms with E-state index in [2.05, 4.69) is 56.0 Å². The van der Waals surface area contributed by atoms with Gasteiger partial charge in [-0.25, -0.2) is 8.42 Å². The van der Waals surface area contributed by atoms with Crippen LogP contribution in [0.3, 0.4) is 0 Å². The molecule has 5 rings (SSSR count). The summed E-state index contributed by atoms with van der Waals surface area (Å²) in [6, 6.07) is 19.1. The zero-order valence-corrected chi connectivity index (χ0v) is 21.4. The molecule has 2 aliphatic rings. The maximum Gasteiger partial charge on any atom is 0.243 e. The van der Waals surface area contributed by atoms with Gasteiger partial charge in [-0.05, 0) is 66.4 Å². The molecule has 3 aromatic rings. The highest BCUT2D eigenvalue weighted by Gasteiger charge is 2.41. The maximum atomic E-state index is 13.4. The molecule has 5 nitrogen and oxygen atoms in total. The number of likely N-dealkylation sites (N-methyl/N-ethyl adjacent to an activating group) is 1. The lowest BCUT2D eigenvalue weighted by molar-refractivity contribution is 0.104. The lowest BCUT2D eigenvalue weighted by atomic mass is 9.80. The Kier molecular flexibility index (Phi) is 6.06. The number of anilines is 1. The quantitative estimate of drug-likeness (QED) is 0.331. The molecule has 0 atom stereocenters. The SMILES string of the molecule is CCN1C(=CC(=O)c2ccc(S(=O)(=O)N3CCCCC3)cc2)C(C)(C)c2c1ccc1ccccc21. The third-order valence-electron chi connectivity index (χ3n) is 7.43. The van der Waals surface area contributed by atoms with Crippen LogP contribution in [-0.4, -0.2) is 38.1 Å². The second kappa shape index (κ2) is 8.92. The fourth-order valence-corrected chi connectivity index (χ4v) is 7.11. The predicted octanol–water partition coefficient (Wildman–Crippen LogP) is 5.90. The van der Waals surface area contributed by atoms with Crippen molar-refractivity contribution in [1.82, 2.24) is 4.31 Å². The number of nitrogens with zero attached hydrogens (tertiary/aromatic N) is 2. The Morgan fingerprint density at radius 2 is 1.63 bits per heavy atom. The fraction of sp³-hybridized carbons (Fsp3) is 0.345. The van der Waals surface area contributed by atoms with Gasteiger partial charge in [-0.15, -0.1) is 0 Å². The minimum atomic E-state index is -3.52. The van der Waals surface area contributed by atoms with E-state index < -0.39 is 10.0 Å². The molecule has 1 saturated heterocycles. The summed E-state index contributed by atoms with van der Waals surface area (Å²) in [6.45, 7) is 8.31. The number of fused-ring (bicyclic) bond motifs is 3. The number of rotatable bonds is 5. The number of hydrogen-bond acceptors (Lipinski definition) is 4. The number of ketones is 1. The van der Waals surface area contributed by atoms with E-state index in [-0.39, 0.29) is 16.1 Å². The van der Waals surface area contributed by atoms with Crippen LogP contribution in [0.1, 0.15) is 56.0 Å². The summed E-state index contributed by atoms with van der Waals surface area (Å²) in [5, 5.41) is 2.39. The number of piperidine rings is 1. The highest BCUT2D eigenvalue weighted by molar-refractivity contribution is 7.89. The number of allylic oxidation sites excluding steroid dienone is 2. The van der Waals surface area contributed by atoms with Crippen molar-refractivity contribution < 1.29 is 13.2 Å². The Balaban J connectivity index is 1.48. The molecule has 0 unspecified atom stereocenters. The van der Waals surface area contributed by atoms with Gasteiger partial charge in [-0.2, -0.15) is 4.31 Å². The number of benzene rings is 3. The summed E-state index contributed by atoms with van der Waals surface area (Å²) in [7, 11) is -3.52. The van der Waals surface area contributed by atoms with Gasteiger partial charge in [0.15, 0.2) is 5.78 Å². The molecular formula is C29H32N2O3S. The minimum absolute atomic E-state index is 0.120. The van der Waals surface area contributed by atoms with E-state index in [1.165, 1.54) is 16.3 Å². The first-order chi connectivity index (χ1) is 16.7. The van der Waals surface area contributed by atoms with Crippen LogP contribution < -0.4 is 4.90 Å². The summed E-state index contributed by atoms with van der Waals surface area (Å²) in [5.41, 5.74) is 3.47. The van der Waals surface area contributed by atoms with Gasteiger partial charge < -0.3 is 4.90 Å². The van der Waals surface area contributed by atoms with Crippen molar-refractivity contribution in [2.24, 2.45) is 0 Å². The monoisotopic (exact) mass is 488 g/mol. The van der Waals surface area contributed by atoms with Crippen molar-refractivity contribution in [2.45, 2.75) is 50.3 Å². The minimum Gasteiger partial charge on any atom is -0.344 e. The molecule has 6 heteroatoms. The van der Waals surface area contributed by atoms with E-state index in [0.717, 1.165) is 37.2 Å². The van der Waals surface area contributed by atoms with Crippen molar-refractivity contribution in [3.63, 3.8) is 0 Å². The zero-order chi connectivity index (χ0) is 24.8. The average molecular weight is 489 g/mol. The lowest BCUT2D eigenvalue weighted by Gasteiger charge is -2.26. The fourth-order valence-electron chi connectivity index (χ4n) is 5.59. The third-order valence-corrected chi connectivity index (χ3v) is 9.34. The molecule has 0 spiro atoms. The van der Waals surface area contributed by atoms with Crippen LogP contribution in [0.5, 0.6) is 0 Å². The summed E-state index contributed by atoms with van der Waals surface area (Å²) in [6.07, 6.45) is 4.58. The van der Waals surface area contributed by atoms with Gasteiger partial charge in [0.05, 0.1) is 4.90 Å². The average Bonchev–Trinajstić information content (AvgIpc) is 3.10. The molecule has 0 aromatic heterocycles. The van der Waals surface area contributed by atoms with Crippen LogP contribution in [0.4, 0.5) is 5.69 Å². The first-order valence-corrected chi connectivity index (χ1v) is 13.9. The molecule has 35 heavy (non-hydrogen) atoms. The molecule has 0 aliphatic carbocycles. The maximum absolute atomic E-state index is 13.4. The third kappa shape index (κ3) is 3.99. The van der Waals surface area contributed by atoms with Crippen molar-refractivity contribution in [3.05, 3.63) is 83.6 Å². The first-order valence-electron chi connectivity index (χ1n) is 12.4. The van der Waals surface area contributed by atoms with Crippen LogP contribution in [0.2, 0.25) is 0 Å². The summed E-state index contributed by atoms with van der Waals surface area (Å²) in [5.74, 6) is -0.120. The molecule has 2 aliphatic heterocycles. The second-order valence-electron chi connectivity index (χ2n) is 9.93. The number of carbonyl (C=O) groups is 1. The lowest BCUT2D eigenvalue weighted by Crippen LogP contribution is -2.35. The van der Waals surface area contributed by atoms with Gasteiger partial charge in [0.2, 0.25) is 10.0 Å². The standard InChI is InChI=1S/C29H32N2O3S/c1-4-31-25-17-14-21-10-6-7-11-24(21)28(25)29(2,3)27(31)20-26(32)22-12-15-23(16-13-22)35(33,34)30-18-8-5-9-19-30/h6-7,10-17,20H,4-5,8-9,18-19H2,1-3H3. The Labute approximate surface area is 208 Å². The van der Waals surface area contributed by atoms with Gasteiger partial charge in [0.25, 0.3) is 0 Å². The Morgan fingerprint density at radius 1 is 0.943 bits per heavy atom. The molecule has 182 valence electrons. The van der Waals surface area contributed by atoms with Crippen molar-refractivity contribution in [1.29, 1.82) is 0 Å². The molecule has 0 amide bonds. The van der Waals surface area contributed by atoms with E-state index in [9.17, 15) is 13.2 Å². The van der Waals surface area contributed by atoms with Crippen LogP contribution in [0.25, 0.3) is 10.8 Å². The summed E-state index contributed by atoms with van der Waals surface area (Å²) in [4.78, 5) is 15.8. The highest BCUT2D eigenvalue weighted by atomic mass is 32.2. The van der Waals surface area contributed by atoms with E-state index in [1.807, 2.05) is 6.07 Å². The molecule has 1 fully saturated rings. The van der Waals surface area contributed by atoms with E-state index in [0.29, 0.717) is 18.7 Å². The van der Waals surface area contributed by atoms with Crippen LogP contribution in [0, 0.1) is 0 Å². The molecule has 3 aromatic carbocycles. The Bertz CT molecular complexity index is 1420. The molecule has 0 N–H and O–H groups in total. The number of sulfonamides is 1. The van der Waals surface area contributed by atoms with E-state index in [1.54, 1.807) is 34.6 Å². The van der Waals surface area contributed by atoms with Crippen LogP contribution in [-0.2, 0) is 15.4 Å². The second-order valence-corrected chi connectivity index (χ2v) is 11.9. The van der Waals surface area contributed by atoms with E-state index in [4.69, 9.17) is 0 Å².